The Morgan fingerprint density at radius 2 is 1.70 bits per heavy atom. The number of rotatable bonds is 5. The zero-order chi connectivity index (χ0) is 19.4. The molecular weight excluding hydrogens is 336 g/mol. The van der Waals surface area contributed by atoms with E-state index in [-0.39, 0.29) is 11.8 Å². The average Bonchev–Trinajstić information content (AvgIpc) is 2.65. The lowest BCUT2D eigenvalue weighted by molar-refractivity contribution is -0.117. The molecule has 1 unspecified atom stereocenters. The van der Waals surface area contributed by atoms with Gasteiger partial charge in [0.1, 0.15) is 0 Å². The van der Waals surface area contributed by atoms with E-state index >= 15 is 0 Å². The maximum atomic E-state index is 12.5. The van der Waals surface area contributed by atoms with Gasteiger partial charge in [-0.3, -0.25) is 9.69 Å². The molecule has 0 bridgehead atoms. The van der Waals surface area contributed by atoms with Gasteiger partial charge in [-0.05, 0) is 69.3 Å². The van der Waals surface area contributed by atoms with E-state index in [0.717, 1.165) is 48.3 Å². The van der Waals surface area contributed by atoms with Crippen LogP contribution in [0, 0.1) is 26.7 Å². The number of piperidine rings is 1. The molecule has 1 atom stereocenters. The number of nitrogens with one attached hydrogen (secondary N) is 1. The molecule has 144 valence electrons. The van der Waals surface area contributed by atoms with Crippen LogP contribution in [0.15, 0.2) is 42.5 Å². The molecule has 1 aliphatic rings. The summed E-state index contributed by atoms with van der Waals surface area (Å²) in [5.41, 5.74) is 5.33. The minimum atomic E-state index is -0.417. The van der Waals surface area contributed by atoms with E-state index in [9.17, 15) is 9.90 Å². The van der Waals surface area contributed by atoms with Gasteiger partial charge in [0, 0.05) is 5.69 Å². The lowest BCUT2D eigenvalue weighted by Gasteiger charge is -2.34. The molecule has 0 spiro atoms. The van der Waals surface area contributed by atoms with Crippen molar-refractivity contribution in [1.82, 2.24) is 4.90 Å². The smallest absolute Gasteiger partial charge is 0.238 e. The predicted octanol–water partition coefficient (Wildman–Crippen LogP) is 4.00. The van der Waals surface area contributed by atoms with Crippen molar-refractivity contribution in [3.05, 3.63) is 64.7 Å². The number of hydrogen-bond donors (Lipinski definition) is 2. The van der Waals surface area contributed by atoms with Gasteiger partial charge in [0.25, 0.3) is 0 Å². The zero-order valence-corrected chi connectivity index (χ0v) is 16.5. The van der Waals surface area contributed by atoms with Crippen LogP contribution in [-0.2, 0) is 4.79 Å². The molecule has 4 heteroatoms. The van der Waals surface area contributed by atoms with Gasteiger partial charge in [0.2, 0.25) is 5.91 Å². The number of aryl methyl sites for hydroxylation is 3. The summed E-state index contributed by atoms with van der Waals surface area (Å²) in [5, 5.41) is 13.7. The number of nitrogens with zero attached hydrogens (tertiary/aromatic N) is 1. The van der Waals surface area contributed by atoms with E-state index in [1.165, 1.54) is 5.56 Å². The standard InChI is InChI=1S/C23H30N2O2/c1-16-13-17(2)22(18(3)14-16)24-21(26)15-25-11-9-20(10-12-25)23(27)19-7-5-4-6-8-19/h4-8,13-14,20,23,27H,9-12,15H2,1-3H3,(H,24,26). The monoisotopic (exact) mass is 366 g/mol. The number of aliphatic hydroxyl groups excluding tert-OH is 1. The van der Waals surface area contributed by atoms with Crippen LogP contribution in [0.4, 0.5) is 5.69 Å². The molecule has 0 aromatic heterocycles. The first-order valence-corrected chi connectivity index (χ1v) is 9.77. The number of carbonyl (C=O) groups excluding carboxylic acids is 1. The normalized spacial score (nSPS) is 16.9. The summed E-state index contributed by atoms with van der Waals surface area (Å²) in [7, 11) is 0. The van der Waals surface area contributed by atoms with E-state index in [1.54, 1.807) is 0 Å². The highest BCUT2D eigenvalue weighted by molar-refractivity contribution is 5.93. The second-order valence-electron chi connectivity index (χ2n) is 7.79. The molecule has 0 aliphatic carbocycles. The van der Waals surface area contributed by atoms with Gasteiger partial charge in [-0.25, -0.2) is 0 Å². The van der Waals surface area contributed by atoms with Crippen molar-refractivity contribution < 1.29 is 9.90 Å². The van der Waals surface area contributed by atoms with Crippen LogP contribution in [0.5, 0.6) is 0 Å². The predicted molar refractivity (Wildman–Crippen MR) is 110 cm³/mol. The molecule has 2 N–H and O–H groups in total. The Hall–Kier alpha value is -2.17. The van der Waals surface area contributed by atoms with Crippen LogP contribution in [0.2, 0.25) is 0 Å². The molecular formula is C23H30N2O2. The summed E-state index contributed by atoms with van der Waals surface area (Å²) in [6, 6.07) is 14.1. The fraction of sp³-hybridized carbons (Fsp3) is 0.435. The first-order valence-electron chi connectivity index (χ1n) is 9.77. The van der Waals surface area contributed by atoms with Crippen molar-refractivity contribution in [3.8, 4) is 0 Å². The SMILES string of the molecule is Cc1cc(C)c(NC(=O)CN2CCC(C(O)c3ccccc3)CC2)c(C)c1. The van der Waals surface area contributed by atoms with Gasteiger partial charge in [0.15, 0.2) is 0 Å². The minimum absolute atomic E-state index is 0.0344. The molecule has 1 heterocycles. The molecule has 1 aliphatic heterocycles. The van der Waals surface area contributed by atoms with Crippen molar-refractivity contribution in [2.75, 3.05) is 25.0 Å². The summed E-state index contributed by atoms with van der Waals surface area (Å²) >= 11 is 0. The van der Waals surface area contributed by atoms with Gasteiger partial charge in [-0.1, -0.05) is 48.0 Å². The molecule has 0 saturated carbocycles. The minimum Gasteiger partial charge on any atom is -0.388 e. The third-order valence-corrected chi connectivity index (χ3v) is 5.53. The van der Waals surface area contributed by atoms with Gasteiger partial charge < -0.3 is 10.4 Å². The summed E-state index contributed by atoms with van der Waals surface area (Å²) in [6.07, 6.45) is 1.40. The largest absolute Gasteiger partial charge is 0.388 e. The van der Waals surface area contributed by atoms with E-state index in [1.807, 2.05) is 44.2 Å². The quantitative estimate of drug-likeness (QED) is 0.841. The van der Waals surface area contributed by atoms with Gasteiger partial charge in [-0.15, -0.1) is 0 Å². The number of aliphatic hydroxyl groups is 1. The maximum Gasteiger partial charge on any atom is 0.238 e. The highest BCUT2D eigenvalue weighted by Gasteiger charge is 2.27. The van der Waals surface area contributed by atoms with Crippen LogP contribution < -0.4 is 5.32 Å². The van der Waals surface area contributed by atoms with Crippen LogP contribution in [0.1, 0.15) is 41.2 Å². The molecule has 1 fully saturated rings. The molecule has 1 saturated heterocycles. The van der Waals surface area contributed by atoms with E-state index in [2.05, 4.69) is 29.3 Å². The maximum absolute atomic E-state index is 12.5. The van der Waals surface area contributed by atoms with Gasteiger partial charge in [-0.2, -0.15) is 0 Å². The van der Waals surface area contributed by atoms with Crippen LogP contribution in [-0.4, -0.2) is 35.5 Å². The lowest BCUT2D eigenvalue weighted by atomic mass is 9.87. The Bertz CT molecular complexity index is 757. The van der Waals surface area contributed by atoms with Gasteiger partial charge in [0.05, 0.1) is 12.6 Å². The van der Waals surface area contributed by atoms with E-state index in [0.29, 0.717) is 6.54 Å². The molecule has 1 amide bonds. The van der Waals surface area contributed by atoms with Gasteiger partial charge >= 0.3 is 0 Å². The summed E-state index contributed by atoms with van der Waals surface area (Å²) in [6.45, 7) is 8.22. The Kier molecular flexibility index (Phi) is 6.30. The molecule has 0 radical (unpaired) electrons. The number of benzene rings is 2. The number of carbonyl (C=O) groups is 1. The van der Waals surface area contributed by atoms with Crippen LogP contribution in [0.25, 0.3) is 0 Å². The Morgan fingerprint density at radius 3 is 2.30 bits per heavy atom. The van der Waals surface area contributed by atoms with E-state index in [4.69, 9.17) is 0 Å². The first-order chi connectivity index (χ1) is 12.9. The van der Waals surface area contributed by atoms with Crippen molar-refractivity contribution in [2.24, 2.45) is 5.92 Å². The summed E-state index contributed by atoms with van der Waals surface area (Å²) in [4.78, 5) is 14.7. The third-order valence-electron chi connectivity index (χ3n) is 5.53. The topological polar surface area (TPSA) is 52.6 Å². The Balaban J connectivity index is 1.51. The van der Waals surface area contributed by atoms with Crippen molar-refractivity contribution in [1.29, 1.82) is 0 Å². The van der Waals surface area contributed by atoms with Crippen molar-refractivity contribution in [3.63, 3.8) is 0 Å². The fourth-order valence-electron chi connectivity index (χ4n) is 4.11. The molecule has 27 heavy (non-hydrogen) atoms. The molecule has 4 nitrogen and oxygen atoms in total. The summed E-state index contributed by atoms with van der Waals surface area (Å²) < 4.78 is 0. The second-order valence-corrected chi connectivity index (χ2v) is 7.79. The second kappa shape index (κ2) is 8.68. The fourth-order valence-corrected chi connectivity index (χ4v) is 4.11. The Labute approximate surface area is 162 Å². The number of anilines is 1. The number of amides is 1. The zero-order valence-electron chi connectivity index (χ0n) is 16.5. The van der Waals surface area contributed by atoms with Crippen LogP contribution in [0.3, 0.4) is 0 Å². The summed E-state index contributed by atoms with van der Waals surface area (Å²) in [5.74, 6) is 0.292. The average molecular weight is 367 g/mol. The van der Waals surface area contributed by atoms with Crippen molar-refractivity contribution >= 4 is 11.6 Å². The molecule has 3 rings (SSSR count). The first kappa shape index (κ1) is 19.6. The lowest BCUT2D eigenvalue weighted by Crippen LogP contribution is -2.40. The number of likely N-dealkylation sites (tertiary alicyclic amines) is 1. The Morgan fingerprint density at radius 1 is 1.11 bits per heavy atom. The molecule has 2 aromatic carbocycles. The third kappa shape index (κ3) is 4.96. The highest BCUT2D eigenvalue weighted by atomic mass is 16.3. The number of hydrogen-bond acceptors (Lipinski definition) is 3. The van der Waals surface area contributed by atoms with E-state index < -0.39 is 6.10 Å². The highest BCUT2D eigenvalue weighted by Crippen LogP contribution is 2.30. The van der Waals surface area contributed by atoms with Crippen LogP contribution >= 0.6 is 0 Å². The molecule has 2 aromatic rings. The van der Waals surface area contributed by atoms with Crippen molar-refractivity contribution in [2.45, 2.75) is 39.7 Å².